The van der Waals surface area contributed by atoms with E-state index >= 15 is 0 Å². The van der Waals surface area contributed by atoms with Gasteiger partial charge in [-0.1, -0.05) is 0 Å². The van der Waals surface area contributed by atoms with Crippen molar-refractivity contribution >= 4 is 17.9 Å². The summed E-state index contributed by atoms with van der Waals surface area (Å²) in [5.74, 6) is -5.64. The van der Waals surface area contributed by atoms with Crippen LogP contribution in [0.3, 0.4) is 0 Å². The second-order valence-corrected chi connectivity index (χ2v) is 3.40. The van der Waals surface area contributed by atoms with Crippen molar-refractivity contribution in [3.05, 3.63) is 0 Å². The van der Waals surface area contributed by atoms with E-state index in [9.17, 15) is 14.4 Å². The van der Waals surface area contributed by atoms with Crippen molar-refractivity contribution < 1.29 is 29.3 Å². The fourth-order valence-electron chi connectivity index (χ4n) is 1.69. The molecular weight excluding hydrogens is 192 g/mol. The summed E-state index contributed by atoms with van der Waals surface area (Å²) in [6.07, 6.45) is 0. The van der Waals surface area contributed by atoms with Gasteiger partial charge in [0.2, 0.25) is 0 Å². The number of carboxylic acids is 2. The SMILES string of the molecule is COC(=O)C1C(C(=O)O)C1(C)C(=O)O. The fraction of sp³-hybridized carbons (Fsp3) is 0.625. The zero-order valence-corrected chi connectivity index (χ0v) is 7.68. The topological polar surface area (TPSA) is 101 Å². The van der Waals surface area contributed by atoms with Crippen LogP contribution in [0.4, 0.5) is 0 Å². The number of esters is 1. The normalized spacial score (nSPS) is 34.7. The van der Waals surface area contributed by atoms with Gasteiger partial charge in [-0.15, -0.1) is 0 Å². The molecular formula is C8H10O6. The molecule has 2 N–H and O–H groups in total. The average Bonchev–Trinajstić information content (AvgIpc) is 2.72. The largest absolute Gasteiger partial charge is 0.481 e. The van der Waals surface area contributed by atoms with E-state index in [1.165, 1.54) is 6.92 Å². The third-order valence-electron chi connectivity index (χ3n) is 2.70. The summed E-state index contributed by atoms with van der Waals surface area (Å²) in [5, 5.41) is 17.5. The molecule has 0 spiro atoms. The van der Waals surface area contributed by atoms with Gasteiger partial charge in [0.15, 0.2) is 0 Å². The van der Waals surface area contributed by atoms with E-state index in [2.05, 4.69) is 4.74 Å². The lowest BCUT2D eigenvalue weighted by Gasteiger charge is -2.01. The molecule has 0 heterocycles. The van der Waals surface area contributed by atoms with Crippen molar-refractivity contribution in [2.45, 2.75) is 6.92 Å². The lowest BCUT2D eigenvalue weighted by Crippen LogP contribution is -2.19. The van der Waals surface area contributed by atoms with Crippen LogP contribution in [-0.4, -0.2) is 35.2 Å². The summed E-state index contributed by atoms with van der Waals surface area (Å²) in [7, 11) is 1.10. The molecule has 1 rings (SSSR count). The lowest BCUT2D eigenvalue weighted by molar-refractivity contribution is -0.150. The number of hydrogen-bond acceptors (Lipinski definition) is 4. The first-order chi connectivity index (χ1) is 6.37. The van der Waals surface area contributed by atoms with Gasteiger partial charge >= 0.3 is 17.9 Å². The van der Waals surface area contributed by atoms with Gasteiger partial charge in [0.25, 0.3) is 0 Å². The summed E-state index contributed by atoms with van der Waals surface area (Å²) in [5.41, 5.74) is -1.53. The van der Waals surface area contributed by atoms with Crippen molar-refractivity contribution in [3.8, 4) is 0 Å². The van der Waals surface area contributed by atoms with Gasteiger partial charge in [0, 0.05) is 0 Å². The fourth-order valence-corrected chi connectivity index (χ4v) is 1.69. The van der Waals surface area contributed by atoms with E-state index in [0.29, 0.717) is 0 Å². The molecule has 1 fully saturated rings. The van der Waals surface area contributed by atoms with Crippen molar-refractivity contribution in [2.24, 2.45) is 17.3 Å². The van der Waals surface area contributed by atoms with E-state index in [1.54, 1.807) is 0 Å². The minimum atomic E-state index is -1.53. The second-order valence-electron chi connectivity index (χ2n) is 3.40. The number of rotatable bonds is 3. The summed E-state index contributed by atoms with van der Waals surface area (Å²) >= 11 is 0. The summed E-state index contributed by atoms with van der Waals surface area (Å²) in [6.45, 7) is 1.23. The number of carboxylic acid groups (broad SMARTS) is 2. The molecule has 78 valence electrons. The first kappa shape index (κ1) is 10.5. The van der Waals surface area contributed by atoms with Crippen LogP contribution in [-0.2, 0) is 19.1 Å². The third kappa shape index (κ3) is 1.14. The zero-order chi connectivity index (χ0) is 11.1. The van der Waals surface area contributed by atoms with Crippen LogP contribution in [0.1, 0.15) is 6.92 Å². The van der Waals surface area contributed by atoms with E-state index in [1.807, 2.05) is 0 Å². The van der Waals surface area contributed by atoms with Crippen molar-refractivity contribution in [3.63, 3.8) is 0 Å². The molecule has 0 aliphatic heterocycles. The van der Waals surface area contributed by atoms with Crippen molar-refractivity contribution in [1.29, 1.82) is 0 Å². The van der Waals surface area contributed by atoms with Gasteiger partial charge < -0.3 is 14.9 Å². The third-order valence-corrected chi connectivity index (χ3v) is 2.70. The molecule has 1 aliphatic carbocycles. The second kappa shape index (κ2) is 2.97. The predicted octanol–water partition coefficient (Wildman–Crippen LogP) is -0.419. The number of carbonyl (C=O) groups excluding carboxylic acids is 1. The smallest absolute Gasteiger partial charge is 0.311 e. The van der Waals surface area contributed by atoms with E-state index in [-0.39, 0.29) is 0 Å². The molecule has 3 unspecified atom stereocenters. The molecule has 0 saturated heterocycles. The Kier molecular flexibility index (Phi) is 2.22. The summed E-state index contributed by atoms with van der Waals surface area (Å²) < 4.78 is 4.33. The number of methoxy groups -OCH3 is 1. The minimum Gasteiger partial charge on any atom is -0.481 e. The van der Waals surface area contributed by atoms with Crippen LogP contribution in [0.25, 0.3) is 0 Å². The Morgan fingerprint density at radius 2 is 1.71 bits per heavy atom. The first-order valence-electron chi connectivity index (χ1n) is 3.91. The van der Waals surface area contributed by atoms with E-state index in [0.717, 1.165) is 7.11 Å². The number of aliphatic carboxylic acids is 2. The van der Waals surface area contributed by atoms with Gasteiger partial charge in [0.1, 0.15) is 0 Å². The Balaban J connectivity index is 2.94. The Hall–Kier alpha value is -1.59. The van der Waals surface area contributed by atoms with Gasteiger partial charge in [-0.05, 0) is 6.92 Å². The van der Waals surface area contributed by atoms with Crippen LogP contribution >= 0.6 is 0 Å². The highest BCUT2D eigenvalue weighted by Gasteiger charge is 2.74. The molecule has 0 aromatic heterocycles. The van der Waals surface area contributed by atoms with Gasteiger partial charge in [-0.2, -0.15) is 0 Å². The number of hydrogen-bond donors (Lipinski definition) is 2. The molecule has 6 heteroatoms. The van der Waals surface area contributed by atoms with Crippen LogP contribution in [0.15, 0.2) is 0 Å². The molecule has 0 aromatic rings. The summed E-state index contributed by atoms with van der Waals surface area (Å²) in [6, 6.07) is 0. The molecule has 6 nitrogen and oxygen atoms in total. The Morgan fingerprint density at radius 1 is 1.21 bits per heavy atom. The quantitative estimate of drug-likeness (QED) is 0.603. The van der Waals surface area contributed by atoms with Crippen LogP contribution in [0, 0.1) is 17.3 Å². The molecule has 1 saturated carbocycles. The predicted molar refractivity (Wildman–Crippen MR) is 42.4 cm³/mol. The Labute approximate surface area is 79.5 Å². The maximum absolute atomic E-state index is 11.1. The molecule has 1 aliphatic rings. The Bertz CT molecular complexity index is 309. The first-order valence-corrected chi connectivity index (χ1v) is 3.91. The maximum Gasteiger partial charge on any atom is 0.311 e. The number of carbonyl (C=O) groups is 3. The molecule has 14 heavy (non-hydrogen) atoms. The monoisotopic (exact) mass is 202 g/mol. The van der Waals surface area contributed by atoms with E-state index < -0.39 is 35.2 Å². The zero-order valence-electron chi connectivity index (χ0n) is 7.68. The Morgan fingerprint density at radius 3 is 1.93 bits per heavy atom. The highest BCUT2D eigenvalue weighted by molar-refractivity contribution is 5.99. The molecule has 0 radical (unpaired) electrons. The maximum atomic E-state index is 11.1. The lowest BCUT2D eigenvalue weighted by atomic mass is 10.1. The molecule has 0 amide bonds. The van der Waals surface area contributed by atoms with Crippen molar-refractivity contribution in [2.75, 3.05) is 7.11 Å². The minimum absolute atomic E-state index is 0.790. The van der Waals surface area contributed by atoms with Gasteiger partial charge in [0.05, 0.1) is 24.4 Å². The van der Waals surface area contributed by atoms with Gasteiger partial charge in [-0.3, -0.25) is 14.4 Å². The highest BCUT2D eigenvalue weighted by atomic mass is 16.5. The molecule has 0 bridgehead atoms. The average molecular weight is 202 g/mol. The standard InChI is InChI=1S/C8H10O6/c1-8(7(12)13)3(5(9)10)4(8)6(11)14-2/h3-4H,1-2H3,(H,9,10)(H,12,13). The van der Waals surface area contributed by atoms with Crippen molar-refractivity contribution in [1.82, 2.24) is 0 Å². The van der Waals surface area contributed by atoms with E-state index in [4.69, 9.17) is 10.2 Å². The van der Waals surface area contributed by atoms with Crippen LogP contribution in [0.2, 0.25) is 0 Å². The molecule has 0 aromatic carbocycles. The van der Waals surface area contributed by atoms with Gasteiger partial charge in [-0.25, -0.2) is 0 Å². The molecule has 3 atom stereocenters. The van der Waals surface area contributed by atoms with Crippen LogP contribution in [0.5, 0.6) is 0 Å². The summed E-state index contributed by atoms with van der Waals surface area (Å²) in [4.78, 5) is 32.5. The van der Waals surface area contributed by atoms with Crippen LogP contribution < -0.4 is 0 Å². The number of ether oxygens (including phenoxy) is 1. The highest BCUT2D eigenvalue weighted by Crippen LogP contribution is 2.59.